The molecule has 0 aromatic heterocycles. The van der Waals surface area contributed by atoms with Gasteiger partial charge in [-0.3, -0.25) is 19.2 Å². The lowest BCUT2D eigenvalue weighted by Crippen LogP contribution is -2.60. The summed E-state index contributed by atoms with van der Waals surface area (Å²) in [5, 5.41) is 20.7. The summed E-state index contributed by atoms with van der Waals surface area (Å²) in [6.07, 6.45) is 2.29. The van der Waals surface area contributed by atoms with Gasteiger partial charge < -0.3 is 37.8 Å². The van der Waals surface area contributed by atoms with Crippen LogP contribution in [0, 0.1) is 11.8 Å². The maximum absolute atomic E-state index is 13.7. The average Bonchev–Trinajstić information content (AvgIpc) is 3.03. The van der Waals surface area contributed by atoms with E-state index in [0.29, 0.717) is 25.8 Å². The van der Waals surface area contributed by atoms with Crippen LogP contribution in [0.25, 0.3) is 0 Å². The Hall–Kier alpha value is -4.29. The zero-order chi connectivity index (χ0) is 34.9. The first kappa shape index (κ1) is 38.9. The lowest BCUT2D eigenvalue weighted by molar-refractivity contribution is -0.142. The van der Waals surface area contributed by atoms with Crippen LogP contribution < -0.4 is 32.7 Å². The van der Waals surface area contributed by atoms with Crippen LogP contribution in [-0.2, 0) is 36.8 Å². The minimum Gasteiger partial charge on any atom is -0.480 e. The molecule has 0 unspecified atom stereocenters. The van der Waals surface area contributed by atoms with Gasteiger partial charge in [-0.2, -0.15) is 0 Å². The molecule has 0 aliphatic heterocycles. The molecule has 0 saturated heterocycles. The van der Waals surface area contributed by atoms with Gasteiger partial charge in [0.15, 0.2) is 0 Å². The van der Waals surface area contributed by atoms with Crippen LogP contribution in [0.2, 0.25) is 0 Å². The van der Waals surface area contributed by atoms with Crippen molar-refractivity contribution < 1.29 is 29.1 Å². The number of carboxylic acids is 1. The molecule has 12 nitrogen and oxygen atoms in total. The van der Waals surface area contributed by atoms with Gasteiger partial charge in [0.2, 0.25) is 23.6 Å². The number of unbranched alkanes of at least 4 members (excludes halogenated alkanes) is 1. The minimum atomic E-state index is -1.23. The van der Waals surface area contributed by atoms with Crippen LogP contribution in [0.4, 0.5) is 0 Å². The number of carbonyl (C=O) groups is 5. The van der Waals surface area contributed by atoms with Crippen molar-refractivity contribution in [1.82, 2.24) is 21.3 Å². The molecule has 0 fully saturated rings. The van der Waals surface area contributed by atoms with Gasteiger partial charge in [0.05, 0.1) is 6.04 Å². The van der Waals surface area contributed by atoms with Gasteiger partial charge in [0.25, 0.3) is 0 Å². The van der Waals surface area contributed by atoms with Gasteiger partial charge in [-0.1, -0.05) is 94.8 Å². The Bertz CT molecular complexity index is 1290. The van der Waals surface area contributed by atoms with Crippen molar-refractivity contribution in [3.63, 3.8) is 0 Å². The number of carboxylic acid groups (broad SMARTS) is 1. The first-order valence-electron chi connectivity index (χ1n) is 16.3. The molecule has 47 heavy (non-hydrogen) atoms. The predicted octanol–water partition coefficient (Wildman–Crippen LogP) is 1.65. The second-order valence-electron chi connectivity index (χ2n) is 12.7. The number of benzene rings is 2. The predicted molar refractivity (Wildman–Crippen MR) is 181 cm³/mol. The second-order valence-corrected chi connectivity index (χ2v) is 12.7. The summed E-state index contributed by atoms with van der Waals surface area (Å²) >= 11 is 0. The molecule has 0 spiro atoms. The van der Waals surface area contributed by atoms with E-state index >= 15 is 0 Å². The van der Waals surface area contributed by atoms with Crippen molar-refractivity contribution in [2.75, 3.05) is 6.54 Å². The van der Waals surface area contributed by atoms with E-state index in [4.69, 9.17) is 11.5 Å². The average molecular weight is 653 g/mol. The van der Waals surface area contributed by atoms with Crippen LogP contribution in [-0.4, -0.2) is 71.5 Å². The van der Waals surface area contributed by atoms with Crippen LogP contribution >= 0.6 is 0 Å². The Morgan fingerprint density at radius 1 is 0.660 bits per heavy atom. The summed E-state index contributed by atoms with van der Waals surface area (Å²) in [4.78, 5) is 65.7. The smallest absolute Gasteiger partial charge is 0.326 e. The van der Waals surface area contributed by atoms with Crippen molar-refractivity contribution >= 4 is 29.6 Å². The van der Waals surface area contributed by atoms with E-state index in [2.05, 4.69) is 21.3 Å². The van der Waals surface area contributed by atoms with Crippen molar-refractivity contribution in [3.8, 4) is 0 Å². The molecular weight excluding hydrogens is 600 g/mol. The van der Waals surface area contributed by atoms with E-state index in [1.54, 1.807) is 62.4 Å². The highest BCUT2D eigenvalue weighted by Crippen LogP contribution is 2.11. The molecule has 2 aromatic carbocycles. The normalized spacial score (nSPS) is 14.4. The van der Waals surface area contributed by atoms with E-state index in [1.165, 1.54) is 0 Å². The fourth-order valence-electron chi connectivity index (χ4n) is 5.05. The Kier molecular flexibility index (Phi) is 16.6. The number of nitrogens with one attached hydrogen (secondary N) is 4. The second kappa shape index (κ2) is 20.1. The van der Waals surface area contributed by atoms with Crippen LogP contribution in [0.1, 0.15) is 64.5 Å². The highest BCUT2D eigenvalue weighted by molar-refractivity contribution is 5.95. The zero-order valence-electron chi connectivity index (χ0n) is 27.9. The molecule has 12 heteroatoms. The molecule has 4 amide bonds. The summed E-state index contributed by atoms with van der Waals surface area (Å²) in [7, 11) is 0. The minimum absolute atomic E-state index is 0.0443. The van der Waals surface area contributed by atoms with Crippen molar-refractivity contribution in [1.29, 1.82) is 0 Å². The van der Waals surface area contributed by atoms with E-state index in [0.717, 1.165) is 17.5 Å². The third-order valence-electron chi connectivity index (χ3n) is 7.71. The molecule has 5 atom stereocenters. The molecule has 0 heterocycles. The van der Waals surface area contributed by atoms with Gasteiger partial charge in [-0.15, -0.1) is 0 Å². The monoisotopic (exact) mass is 652 g/mol. The molecule has 2 aromatic rings. The molecule has 0 radical (unpaired) electrons. The van der Waals surface area contributed by atoms with Crippen molar-refractivity contribution in [3.05, 3.63) is 71.8 Å². The number of carbonyl (C=O) groups excluding carboxylic acids is 4. The Morgan fingerprint density at radius 2 is 1.15 bits per heavy atom. The summed E-state index contributed by atoms with van der Waals surface area (Å²) in [6.45, 7) is 7.82. The van der Waals surface area contributed by atoms with E-state index < -0.39 is 65.7 Å². The van der Waals surface area contributed by atoms with Gasteiger partial charge in [0, 0.05) is 12.8 Å². The topological polar surface area (TPSA) is 206 Å². The first-order valence-corrected chi connectivity index (χ1v) is 16.3. The molecule has 0 aliphatic carbocycles. The molecule has 258 valence electrons. The standard InChI is InChI=1S/C35H52N6O6/c1-22(2)19-27(38-31(42)26(37)17-11-12-18-36)33(44)41-30(23(3)4)34(45)39-28(20-24-13-7-5-8-14-24)32(43)40-29(35(46)47)21-25-15-9-6-10-16-25/h5-10,13-16,22-23,26-30H,11-12,17-21,36-37H2,1-4H3,(H,38,42)(H,39,45)(H,40,43)(H,41,44)(H,46,47)/t26-,27+,28+,29-,30-/m1/s1. The highest BCUT2D eigenvalue weighted by Gasteiger charge is 2.33. The van der Waals surface area contributed by atoms with Gasteiger partial charge in [-0.25, -0.2) is 4.79 Å². The molecule has 0 saturated carbocycles. The summed E-state index contributed by atoms with van der Waals surface area (Å²) in [5.41, 5.74) is 13.1. The van der Waals surface area contributed by atoms with Crippen LogP contribution in [0.15, 0.2) is 60.7 Å². The third-order valence-corrected chi connectivity index (χ3v) is 7.71. The lowest BCUT2D eigenvalue weighted by Gasteiger charge is -2.28. The number of nitrogens with two attached hydrogens (primary N) is 2. The fraction of sp³-hybridized carbons (Fsp3) is 0.514. The SMILES string of the molecule is CC(C)C[C@H](NC(=O)[C@H](N)CCCCN)C(=O)N[C@@H](C(=O)N[C@@H](Cc1ccccc1)C(=O)N[C@H](Cc1ccccc1)C(=O)O)C(C)C. The molecular formula is C35H52N6O6. The van der Waals surface area contributed by atoms with E-state index in [9.17, 15) is 29.1 Å². The quantitative estimate of drug-likeness (QED) is 0.105. The molecule has 0 aliphatic rings. The number of hydrogen-bond acceptors (Lipinski definition) is 7. The molecule has 9 N–H and O–H groups in total. The maximum Gasteiger partial charge on any atom is 0.326 e. The Labute approximate surface area is 277 Å². The van der Waals surface area contributed by atoms with Gasteiger partial charge in [0.1, 0.15) is 24.2 Å². The van der Waals surface area contributed by atoms with Crippen LogP contribution in [0.3, 0.4) is 0 Å². The number of rotatable bonds is 20. The summed E-state index contributed by atoms with van der Waals surface area (Å²) in [6, 6.07) is 12.8. The fourth-order valence-corrected chi connectivity index (χ4v) is 5.05. The maximum atomic E-state index is 13.7. The summed E-state index contributed by atoms with van der Waals surface area (Å²) < 4.78 is 0. The largest absolute Gasteiger partial charge is 0.480 e. The van der Waals surface area contributed by atoms with Gasteiger partial charge in [-0.05, 0) is 48.8 Å². The first-order chi connectivity index (χ1) is 22.3. The molecule has 0 bridgehead atoms. The number of hydrogen-bond donors (Lipinski definition) is 7. The third kappa shape index (κ3) is 13.9. The lowest BCUT2D eigenvalue weighted by atomic mass is 9.98. The van der Waals surface area contributed by atoms with E-state index in [-0.39, 0.29) is 18.8 Å². The van der Waals surface area contributed by atoms with Gasteiger partial charge >= 0.3 is 5.97 Å². The van der Waals surface area contributed by atoms with E-state index in [1.807, 2.05) is 26.0 Å². The van der Waals surface area contributed by atoms with Crippen LogP contribution in [0.5, 0.6) is 0 Å². The van der Waals surface area contributed by atoms with Crippen molar-refractivity contribution in [2.24, 2.45) is 23.3 Å². The number of amides is 4. The highest BCUT2D eigenvalue weighted by atomic mass is 16.4. The molecule has 2 rings (SSSR count). The Morgan fingerprint density at radius 3 is 1.64 bits per heavy atom. The zero-order valence-corrected chi connectivity index (χ0v) is 27.9. The van der Waals surface area contributed by atoms with Crippen molar-refractivity contribution in [2.45, 2.75) is 96.4 Å². The number of aliphatic carboxylic acids is 1. The summed E-state index contributed by atoms with van der Waals surface area (Å²) in [5.74, 6) is -3.86. The Balaban J connectivity index is 2.24.